The zero-order valence-electron chi connectivity index (χ0n) is 16.3. The molecule has 2 aromatic rings. The standard InChI is InChI=1S/C21H25ClN4OS.HI/c1-2-23-21(24-11-12-28-17-9-7-16(22)8-10-17)25-14-15-13-20(27)26-19-6-4-3-5-18(15)19;/h3-10,15H,2,11-14H2,1H3,(H,26,27)(H2,23,24,25);1H. The van der Waals surface area contributed by atoms with E-state index in [4.69, 9.17) is 16.6 Å². The zero-order chi connectivity index (χ0) is 19.8. The highest BCUT2D eigenvalue weighted by atomic mass is 127. The number of halogens is 2. The van der Waals surface area contributed by atoms with Crippen molar-refractivity contribution in [2.45, 2.75) is 24.2 Å². The number of carbonyl (C=O) groups is 1. The molecule has 1 heterocycles. The Balaban J connectivity index is 0.00000300. The number of para-hydroxylation sites is 1. The van der Waals surface area contributed by atoms with Crippen LogP contribution in [0.2, 0.25) is 5.02 Å². The smallest absolute Gasteiger partial charge is 0.225 e. The van der Waals surface area contributed by atoms with Crippen molar-refractivity contribution in [2.24, 2.45) is 4.99 Å². The number of thioether (sulfide) groups is 1. The number of anilines is 1. The largest absolute Gasteiger partial charge is 0.357 e. The molecule has 0 radical (unpaired) electrons. The molecule has 0 saturated heterocycles. The van der Waals surface area contributed by atoms with Crippen molar-refractivity contribution >= 4 is 64.9 Å². The van der Waals surface area contributed by atoms with Gasteiger partial charge in [-0.2, -0.15) is 0 Å². The molecule has 1 aliphatic rings. The number of carbonyl (C=O) groups excluding carboxylic acids is 1. The van der Waals surface area contributed by atoms with Crippen molar-refractivity contribution in [3.8, 4) is 0 Å². The Labute approximate surface area is 198 Å². The summed E-state index contributed by atoms with van der Waals surface area (Å²) in [4.78, 5) is 17.9. The Bertz CT molecular complexity index is 832. The fourth-order valence-corrected chi connectivity index (χ4v) is 3.97. The van der Waals surface area contributed by atoms with E-state index in [-0.39, 0.29) is 35.8 Å². The van der Waals surface area contributed by atoms with Crippen molar-refractivity contribution in [2.75, 3.05) is 30.7 Å². The summed E-state index contributed by atoms with van der Waals surface area (Å²) in [5, 5.41) is 10.3. The number of benzene rings is 2. The summed E-state index contributed by atoms with van der Waals surface area (Å²) in [5.74, 6) is 1.85. The van der Waals surface area contributed by atoms with Crippen LogP contribution in [0.3, 0.4) is 0 Å². The number of nitrogens with one attached hydrogen (secondary N) is 3. The lowest BCUT2D eigenvalue weighted by atomic mass is 9.91. The third-order valence-corrected chi connectivity index (χ3v) is 5.66. The Morgan fingerprint density at radius 1 is 1.21 bits per heavy atom. The molecule has 3 rings (SSSR count). The van der Waals surface area contributed by atoms with Crippen LogP contribution >= 0.6 is 47.3 Å². The lowest BCUT2D eigenvalue weighted by molar-refractivity contribution is -0.116. The third-order valence-electron chi connectivity index (χ3n) is 4.40. The van der Waals surface area contributed by atoms with Crippen LogP contribution in [0.15, 0.2) is 58.4 Å². The van der Waals surface area contributed by atoms with Gasteiger partial charge < -0.3 is 16.0 Å². The summed E-state index contributed by atoms with van der Waals surface area (Å²) in [6, 6.07) is 15.8. The van der Waals surface area contributed by atoms with Crippen LogP contribution in [0.25, 0.3) is 0 Å². The molecule has 0 spiro atoms. The average Bonchev–Trinajstić information content (AvgIpc) is 2.70. The van der Waals surface area contributed by atoms with Crippen molar-refractivity contribution in [1.29, 1.82) is 0 Å². The highest BCUT2D eigenvalue weighted by molar-refractivity contribution is 14.0. The first-order valence-corrected chi connectivity index (χ1v) is 10.8. The molecule has 1 amide bonds. The Morgan fingerprint density at radius 2 is 1.97 bits per heavy atom. The topological polar surface area (TPSA) is 65.5 Å². The second kappa shape index (κ2) is 12.3. The van der Waals surface area contributed by atoms with Gasteiger partial charge in [0.1, 0.15) is 0 Å². The molecule has 156 valence electrons. The first kappa shape index (κ1) is 23.8. The number of hydrogen-bond donors (Lipinski definition) is 3. The number of rotatable bonds is 7. The van der Waals surface area contributed by atoms with Gasteiger partial charge in [-0.15, -0.1) is 35.7 Å². The predicted octanol–water partition coefficient (Wildman–Crippen LogP) is 4.73. The van der Waals surface area contributed by atoms with E-state index < -0.39 is 0 Å². The van der Waals surface area contributed by atoms with E-state index in [2.05, 4.69) is 22.0 Å². The summed E-state index contributed by atoms with van der Waals surface area (Å²) in [5.41, 5.74) is 2.05. The van der Waals surface area contributed by atoms with E-state index in [1.807, 2.05) is 49.4 Å². The van der Waals surface area contributed by atoms with E-state index in [0.29, 0.717) is 13.0 Å². The lowest BCUT2D eigenvalue weighted by Crippen LogP contribution is -2.39. The maximum atomic E-state index is 12.0. The van der Waals surface area contributed by atoms with Crippen LogP contribution in [-0.4, -0.2) is 37.3 Å². The quantitative estimate of drug-likeness (QED) is 0.155. The number of guanidine groups is 1. The average molecular weight is 545 g/mol. The van der Waals surface area contributed by atoms with Crippen LogP contribution in [0.1, 0.15) is 24.8 Å². The van der Waals surface area contributed by atoms with Crippen LogP contribution < -0.4 is 16.0 Å². The fraction of sp³-hybridized carbons (Fsp3) is 0.333. The Morgan fingerprint density at radius 3 is 2.72 bits per heavy atom. The van der Waals surface area contributed by atoms with Crippen LogP contribution in [0.5, 0.6) is 0 Å². The minimum Gasteiger partial charge on any atom is -0.357 e. The first-order valence-electron chi connectivity index (χ1n) is 9.45. The normalized spacial score (nSPS) is 15.7. The van der Waals surface area contributed by atoms with Gasteiger partial charge in [-0.05, 0) is 42.8 Å². The highest BCUT2D eigenvalue weighted by Crippen LogP contribution is 2.32. The summed E-state index contributed by atoms with van der Waals surface area (Å²) in [6.45, 7) is 4.20. The van der Waals surface area contributed by atoms with E-state index in [9.17, 15) is 4.79 Å². The summed E-state index contributed by atoms with van der Waals surface area (Å²) in [7, 11) is 0. The lowest BCUT2D eigenvalue weighted by Gasteiger charge is -2.24. The van der Waals surface area contributed by atoms with E-state index in [1.165, 1.54) is 4.90 Å². The monoisotopic (exact) mass is 544 g/mol. The number of aliphatic imine (C=N–C) groups is 1. The van der Waals surface area contributed by atoms with Gasteiger partial charge in [0.15, 0.2) is 5.96 Å². The molecule has 0 aliphatic carbocycles. The summed E-state index contributed by atoms with van der Waals surface area (Å²) in [6.07, 6.45) is 0.465. The van der Waals surface area contributed by atoms with Crippen molar-refractivity contribution in [3.63, 3.8) is 0 Å². The van der Waals surface area contributed by atoms with Crippen LogP contribution in [-0.2, 0) is 4.79 Å². The third kappa shape index (κ3) is 7.38. The molecule has 0 fully saturated rings. The molecule has 8 heteroatoms. The minimum absolute atomic E-state index is 0. The molecule has 0 saturated carbocycles. The molecule has 3 N–H and O–H groups in total. The van der Waals surface area contributed by atoms with Gasteiger partial charge in [0.2, 0.25) is 5.91 Å². The maximum absolute atomic E-state index is 12.0. The molecule has 29 heavy (non-hydrogen) atoms. The second-order valence-electron chi connectivity index (χ2n) is 6.49. The van der Waals surface area contributed by atoms with Gasteiger partial charge >= 0.3 is 0 Å². The van der Waals surface area contributed by atoms with E-state index in [0.717, 1.165) is 41.1 Å². The van der Waals surface area contributed by atoms with Gasteiger partial charge in [-0.1, -0.05) is 29.8 Å². The fourth-order valence-electron chi connectivity index (χ4n) is 3.08. The number of nitrogens with zero attached hydrogens (tertiary/aromatic N) is 1. The summed E-state index contributed by atoms with van der Waals surface area (Å²) >= 11 is 7.69. The van der Waals surface area contributed by atoms with Crippen LogP contribution in [0.4, 0.5) is 5.69 Å². The van der Waals surface area contributed by atoms with Crippen LogP contribution in [0, 0.1) is 0 Å². The number of amides is 1. The molecular weight excluding hydrogens is 519 g/mol. The van der Waals surface area contributed by atoms with Gasteiger partial charge in [0, 0.05) is 46.8 Å². The highest BCUT2D eigenvalue weighted by Gasteiger charge is 2.24. The van der Waals surface area contributed by atoms with Crippen molar-refractivity contribution in [1.82, 2.24) is 10.6 Å². The number of hydrogen-bond acceptors (Lipinski definition) is 3. The van der Waals surface area contributed by atoms with Gasteiger partial charge in [0.05, 0.1) is 6.54 Å². The Kier molecular flexibility index (Phi) is 10.1. The second-order valence-corrected chi connectivity index (χ2v) is 8.09. The molecule has 2 aromatic carbocycles. The molecule has 1 atom stereocenters. The molecule has 0 aromatic heterocycles. The summed E-state index contributed by atoms with van der Waals surface area (Å²) < 4.78 is 0. The molecule has 1 unspecified atom stereocenters. The number of fused-ring (bicyclic) bond motifs is 1. The van der Waals surface area contributed by atoms with E-state index >= 15 is 0 Å². The first-order chi connectivity index (χ1) is 13.7. The molecule has 1 aliphatic heterocycles. The predicted molar refractivity (Wildman–Crippen MR) is 134 cm³/mol. The maximum Gasteiger partial charge on any atom is 0.225 e. The minimum atomic E-state index is 0. The van der Waals surface area contributed by atoms with Crippen molar-refractivity contribution in [3.05, 3.63) is 59.1 Å². The zero-order valence-corrected chi connectivity index (χ0v) is 20.2. The van der Waals surface area contributed by atoms with Gasteiger partial charge in [-0.3, -0.25) is 9.79 Å². The molecule has 5 nitrogen and oxygen atoms in total. The van der Waals surface area contributed by atoms with E-state index in [1.54, 1.807) is 11.8 Å². The Hall–Kier alpha value is -1.45. The van der Waals surface area contributed by atoms with Gasteiger partial charge in [0.25, 0.3) is 0 Å². The van der Waals surface area contributed by atoms with Crippen molar-refractivity contribution < 1.29 is 4.79 Å². The molecular formula is C21H26ClIN4OS. The van der Waals surface area contributed by atoms with Gasteiger partial charge in [-0.25, -0.2) is 0 Å². The molecule has 0 bridgehead atoms. The SMILES string of the molecule is CCNC(=NCC1CC(=O)Nc2ccccc21)NCCSc1ccc(Cl)cc1.I.